The van der Waals surface area contributed by atoms with Gasteiger partial charge in [-0.3, -0.25) is 0 Å². The Morgan fingerprint density at radius 1 is 0.824 bits per heavy atom. The number of carbonyl (C=O) groups is 1. The van der Waals surface area contributed by atoms with Crippen molar-refractivity contribution in [2.75, 3.05) is 32.7 Å². The summed E-state index contributed by atoms with van der Waals surface area (Å²) >= 11 is 0. The van der Waals surface area contributed by atoms with E-state index in [0.717, 1.165) is 5.69 Å². The van der Waals surface area contributed by atoms with Crippen molar-refractivity contribution in [1.29, 1.82) is 0 Å². The van der Waals surface area contributed by atoms with Crippen LogP contribution in [-0.2, 0) is 13.3 Å². The fraction of sp³-hybridized carbons (Fsp3) is 0.269. The van der Waals surface area contributed by atoms with E-state index in [1.54, 1.807) is 14.2 Å². The number of amides is 2. The lowest BCUT2D eigenvalue weighted by atomic mass is 10.3. The van der Waals surface area contributed by atoms with Crippen LogP contribution in [0.3, 0.4) is 0 Å². The van der Waals surface area contributed by atoms with E-state index in [-0.39, 0.29) is 6.03 Å². The maximum Gasteiger partial charge on any atom is 0.500 e. The monoisotopic (exact) mass is 496 g/mol. The summed E-state index contributed by atoms with van der Waals surface area (Å²) in [5.74, 6) is 0. The average molecular weight is 497 g/mol. The van der Waals surface area contributed by atoms with Crippen molar-refractivity contribution in [3.05, 3.63) is 84.9 Å². The summed E-state index contributed by atoms with van der Waals surface area (Å²) in [4.78, 5) is 12.4. The molecule has 2 N–H and O–H groups in total. The Balaban J connectivity index is 1.59. The lowest BCUT2D eigenvalue weighted by molar-refractivity contribution is 0.103. The van der Waals surface area contributed by atoms with Crippen LogP contribution in [0.25, 0.3) is 0 Å². The SMILES string of the molecule is CCO[Si](CCCNC(=O)Nc1ccc(P(c2ccccc2)c2ccccc2)cc1)(OC)OC. The van der Waals surface area contributed by atoms with Gasteiger partial charge >= 0.3 is 14.8 Å². The molecule has 0 fully saturated rings. The van der Waals surface area contributed by atoms with Gasteiger partial charge in [0.2, 0.25) is 0 Å². The Labute approximate surface area is 204 Å². The first-order valence-electron chi connectivity index (χ1n) is 11.4. The minimum atomic E-state index is -2.63. The second-order valence-corrected chi connectivity index (χ2v) is 12.8. The molecule has 8 heteroatoms. The molecule has 0 aromatic heterocycles. The maximum absolute atomic E-state index is 12.4. The lowest BCUT2D eigenvalue weighted by Crippen LogP contribution is -2.44. The molecule has 3 aromatic rings. The Bertz CT molecular complexity index is 963. The van der Waals surface area contributed by atoms with Crippen LogP contribution in [0.1, 0.15) is 13.3 Å². The molecule has 180 valence electrons. The van der Waals surface area contributed by atoms with Crippen LogP contribution in [0.15, 0.2) is 84.9 Å². The molecule has 6 nitrogen and oxygen atoms in total. The second-order valence-electron chi connectivity index (χ2n) is 7.56. The highest BCUT2D eigenvalue weighted by Gasteiger charge is 2.37. The van der Waals surface area contributed by atoms with Gasteiger partial charge in [0.05, 0.1) is 0 Å². The van der Waals surface area contributed by atoms with Crippen LogP contribution in [0.4, 0.5) is 10.5 Å². The number of rotatable bonds is 12. The van der Waals surface area contributed by atoms with Gasteiger partial charge in [0, 0.05) is 39.1 Å². The smallest absolute Gasteiger partial charge is 0.377 e. The maximum atomic E-state index is 12.4. The Morgan fingerprint density at radius 2 is 1.35 bits per heavy atom. The zero-order valence-electron chi connectivity index (χ0n) is 20.0. The molecule has 0 saturated heterocycles. The van der Waals surface area contributed by atoms with E-state index in [1.165, 1.54) is 15.9 Å². The summed E-state index contributed by atoms with van der Waals surface area (Å²) in [6.45, 7) is 2.96. The fourth-order valence-corrected chi connectivity index (χ4v) is 7.96. The molecule has 0 saturated carbocycles. The molecule has 3 aromatic carbocycles. The Morgan fingerprint density at radius 3 is 1.85 bits per heavy atom. The summed E-state index contributed by atoms with van der Waals surface area (Å²) in [6, 6.07) is 29.6. The number of urea groups is 1. The van der Waals surface area contributed by atoms with Crippen LogP contribution >= 0.6 is 7.92 Å². The molecule has 0 aliphatic heterocycles. The molecule has 0 radical (unpaired) electrons. The molecule has 0 aliphatic carbocycles. The highest BCUT2D eigenvalue weighted by atomic mass is 31.1. The van der Waals surface area contributed by atoms with Crippen molar-refractivity contribution in [1.82, 2.24) is 5.32 Å². The zero-order chi connectivity index (χ0) is 24.2. The normalized spacial score (nSPS) is 11.4. The molecule has 0 aliphatic rings. The third-order valence-electron chi connectivity index (χ3n) is 5.34. The van der Waals surface area contributed by atoms with Gasteiger partial charge < -0.3 is 23.9 Å². The number of hydrogen-bond acceptors (Lipinski definition) is 4. The molecule has 2 amide bonds. The standard InChI is InChI=1S/C26H33N2O4PSi/c1-4-32-34(30-2,31-3)21-11-20-27-26(29)28-22-16-18-25(19-17-22)33(23-12-7-5-8-13-23)24-14-9-6-10-15-24/h5-10,12-19H,4,11,20-21H2,1-3H3,(H2,27,28,29). The van der Waals surface area contributed by atoms with E-state index in [9.17, 15) is 4.79 Å². The minimum Gasteiger partial charge on any atom is -0.377 e. The fourth-order valence-electron chi connectivity index (χ4n) is 3.67. The van der Waals surface area contributed by atoms with E-state index in [0.29, 0.717) is 25.6 Å². The number of carbonyl (C=O) groups excluding carboxylic acids is 1. The summed E-state index contributed by atoms with van der Waals surface area (Å²) in [5, 5.41) is 9.62. The predicted molar refractivity (Wildman–Crippen MR) is 143 cm³/mol. The highest BCUT2D eigenvalue weighted by Crippen LogP contribution is 2.32. The largest absolute Gasteiger partial charge is 0.500 e. The van der Waals surface area contributed by atoms with E-state index >= 15 is 0 Å². The summed E-state index contributed by atoms with van der Waals surface area (Å²) in [7, 11) is -0.0856. The van der Waals surface area contributed by atoms with Gasteiger partial charge in [0.1, 0.15) is 0 Å². The van der Waals surface area contributed by atoms with Crippen LogP contribution in [0, 0.1) is 0 Å². The van der Waals surface area contributed by atoms with Crippen molar-refractivity contribution >= 4 is 44.4 Å². The molecular formula is C26H33N2O4PSi. The average Bonchev–Trinajstić information content (AvgIpc) is 2.88. The van der Waals surface area contributed by atoms with Crippen molar-refractivity contribution in [2.45, 2.75) is 19.4 Å². The van der Waals surface area contributed by atoms with Crippen molar-refractivity contribution in [2.24, 2.45) is 0 Å². The van der Waals surface area contributed by atoms with Crippen molar-refractivity contribution < 1.29 is 18.1 Å². The zero-order valence-corrected chi connectivity index (χ0v) is 21.9. The number of hydrogen-bond donors (Lipinski definition) is 2. The topological polar surface area (TPSA) is 68.8 Å². The van der Waals surface area contributed by atoms with Crippen molar-refractivity contribution in [3.63, 3.8) is 0 Å². The van der Waals surface area contributed by atoms with Gasteiger partial charge in [-0.15, -0.1) is 0 Å². The predicted octanol–water partition coefficient (Wildman–Crippen LogP) is 4.22. The highest BCUT2D eigenvalue weighted by molar-refractivity contribution is 7.79. The molecule has 34 heavy (non-hydrogen) atoms. The van der Waals surface area contributed by atoms with Gasteiger partial charge in [0.25, 0.3) is 0 Å². The van der Waals surface area contributed by atoms with E-state index in [1.807, 2.05) is 31.2 Å². The van der Waals surface area contributed by atoms with E-state index in [4.69, 9.17) is 13.3 Å². The first-order chi connectivity index (χ1) is 16.6. The molecule has 0 unspecified atom stereocenters. The number of benzene rings is 3. The van der Waals surface area contributed by atoms with Gasteiger partial charge in [-0.1, -0.05) is 72.8 Å². The van der Waals surface area contributed by atoms with Gasteiger partial charge in [-0.25, -0.2) is 4.79 Å². The molecule has 0 atom stereocenters. The van der Waals surface area contributed by atoms with Crippen LogP contribution in [0.5, 0.6) is 0 Å². The molecular weight excluding hydrogens is 463 g/mol. The van der Waals surface area contributed by atoms with E-state index < -0.39 is 16.7 Å². The van der Waals surface area contributed by atoms with Crippen LogP contribution < -0.4 is 26.5 Å². The molecule has 3 rings (SSSR count). The number of nitrogens with one attached hydrogen (secondary N) is 2. The lowest BCUT2D eigenvalue weighted by Gasteiger charge is -2.25. The summed E-state index contributed by atoms with van der Waals surface area (Å²) in [5.41, 5.74) is 0.754. The van der Waals surface area contributed by atoms with Crippen LogP contribution in [-0.4, -0.2) is 42.2 Å². The third kappa shape index (κ3) is 7.23. The number of anilines is 1. The van der Waals surface area contributed by atoms with Gasteiger partial charge in [0.15, 0.2) is 0 Å². The summed E-state index contributed by atoms with van der Waals surface area (Å²) in [6.07, 6.45) is 0.707. The first kappa shape index (κ1) is 26.1. The van der Waals surface area contributed by atoms with Crippen molar-refractivity contribution in [3.8, 4) is 0 Å². The van der Waals surface area contributed by atoms with Gasteiger partial charge in [-0.2, -0.15) is 0 Å². The first-order valence-corrected chi connectivity index (χ1v) is 14.7. The van der Waals surface area contributed by atoms with Gasteiger partial charge in [-0.05, 0) is 49.3 Å². The Kier molecular flexibility index (Phi) is 10.3. The second kappa shape index (κ2) is 13.4. The molecule has 0 bridgehead atoms. The van der Waals surface area contributed by atoms with E-state index in [2.05, 4.69) is 71.3 Å². The third-order valence-corrected chi connectivity index (χ3v) is 10.7. The molecule has 0 spiro atoms. The minimum absolute atomic E-state index is 0.236. The Hall–Kier alpha value is -2.54. The molecule has 0 heterocycles. The van der Waals surface area contributed by atoms with Crippen LogP contribution in [0.2, 0.25) is 6.04 Å². The quantitative estimate of drug-likeness (QED) is 0.224. The summed E-state index contributed by atoms with van der Waals surface area (Å²) < 4.78 is 16.7.